The topological polar surface area (TPSA) is 80.1 Å². The quantitative estimate of drug-likeness (QED) is 0.550. The van der Waals surface area contributed by atoms with Crippen molar-refractivity contribution in [1.29, 1.82) is 5.26 Å². The first-order valence-corrected chi connectivity index (χ1v) is 10.1. The molecule has 1 aromatic carbocycles. The van der Waals surface area contributed by atoms with Crippen molar-refractivity contribution in [3.05, 3.63) is 41.9 Å². The summed E-state index contributed by atoms with van der Waals surface area (Å²) in [6, 6.07) is 8.31. The van der Waals surface area contributed by atoms with Gasteiger partial charge in [0, 0.05) is 64.2 Å². The monoisotopic (exact) mass is 415 g/mol. The van der Waals surface area contributed by atoms with Crippen molar-refractivity contribution >= 4 is 17.7 Å². The largest absolute Gasteiger partial charge is 0.450 e. The van der Waals surface area contributed by atoms with Crippen LogP contribution in [0.1, 0.15) is 6.92 Å². The second-order valence-electron chi connectivity index (χ2n) is 7.13. The molecule has 2 heterocycles. The standard InChI is InChI=1S/C21H26FN5O3/c1-2-30-21(29)27-9-7-24(8-10-27)16-17(15-23)20(28)26-13-11-25(12-14-26)19-5-3-18(22)4-6-19/h3-6,16H,2,7-14H2,1H3/b17-16-. The first kappa shape index (κ1) is 21.4. The summed E-state index contributed by atoms with van der Waals surface area (Å²) in [5, 5.41) is 9.50. The highest BCUT2D eigenvalue weighted by Gasteiger charge is 2.26. The summed E-state index contributed by atoms with van der Waals surface area (Å²) in [7, 11) is 0. The fraction of sp³-hybridized carbons (Fsp3) is 0.476. The van der Waals surface area contributed by atoms with Crippen molar-refractivity contribution in [2.45, 2.75) is 6.92 Å². The van der Waals surface area contributed by atoms with Crippen molar-refractivity contribution in [1.82, 2.24) is 14.7 Å². The first-order chi connectivity index (χ1) is 14.5. The molecule has 2 aliphatic heterocycles. The van der Waals surface area contributed by atoms with Gasteiger partial charge in [0.25, 0.3) is 5.91 Å². The van der Waals surface area contributed by atoms with Gasteiger partial charge in [-0.1, -0.05) is 0 Å². The summed E-state index contributed by atoms with van der Waals surface area (Å²) >= 11 is 0. The van der Waals surface area contributed by atoms with Crippen molar-refractivity contribution in [2.75, 3.05) is 63.9 Å². The van der Waals surface area contributed by atoms with Crippen LogP contribution >= 0.6 is 0 Å². The van der Waals surface area contributed by atoms with E-state index in [1.54, 1.807) is 35.1 Å². The molecule has 0 aromatic heterocycles. The first-order valence-electron chi connectivity index (χ1n) is 10.1. The lowest BCUT2D eigenvalue weighted by Gasteiger charge is -2.36. The Bertz CT molecular complexity index is 820. The third-order valence-corrected chi connectivity index (χ3v) is 5.26. The van der Waals surface area contributed by atoms with Crippen LogP contribution < -0.4 is 4.90 Å². The maximum Gasteiger partial charge on any atom is 0.409 e. The van der Waals surface area contributed by atoms with Crippen LogP contribution in [-0.2, 0) is 9.53 Å². The van der Waals surface area contributed by atoms with E-state index in [1.807, 2.05) is 11.0 Å². The summed E-state index contributed by atoms with van der Waals surface area (Å²) in [5.74, 6) is -0.566. The number of piperazine rings is 2. The van der Waals surface area contributed by atoms with Crippen LogP contribution in [0, 0.1) is 17.1 Å². The van der Waals surface area contributed by atoms with Gasteiger partial charge in [-0.25, -0.2) is 9.18 Å². The Morgan fingerprint density at radius 1 is 1.03 bits per heavy atom. The third kappa shape index (κ3) is 5.20. The van der Waals surface area contributed by atoms with E-state index < -0.39 is 0 Å². The predicted molar refractivity (Wildman–Crippen MR) is 109 cm³/mol. The van der Waals surface area contributed by atoms with Gasteiger partial charge in [-0.2, -0.15) is 5.26 Å². The molecule has 0 saturated carbocycles. The zero-order chi connectivity index (χ0) is 21.5. The molecule has 30 heavy (non-hydrogen) atoms. The van der Waals surface area contributed by atoms with Crippen LogP contribution in [0.4, 0.5) is 14.9 Å². The average molecular weight is 415 g/mol. The normalized spacial score (nSPS) is 17.6. The second kappa shape index (κ2) is 9.96. The van der Waals surface area contributed by atoms with Crippen molar-refractivity contribution < 1.29 is 18.7 Å². The van der Waals surface area contributed by atoms with Gasteiger partial charge in [0.1, 0.15) is 17.5 Å². The van der Waals surface area contributed by atoms with Crippen LogP contribution in [0.3, 0.4) is 0 Å². The number of hydrogen-bond acceptors (Lipinski definition) is 6. The molecule has 2 amide bonds. The Hall–Kier alpha value is -3.28. The molecule has 0 radical (unpaired) electrons. The molecular formula is C21H26FN5O3. The lowest BCUT2D eigenvalue weighted by atomic mass is 10.2. The summed E-state index contributed by atoms with van der Waals surface area (Å²) in [5.41, 5.74) is 1.01. The van der Waals surface area contributed by atoms with E-state index in [1.165, 1.54) is 12.1 Å². The van der Waals surface area contributed by atoms with E-state index in [0.717, 1.165) is 5.69 Å². The zero-order valence-electron chi connectivity index (χ0n) is 17.1. The number of rotatable bonds is 4. The fourth-order valence-electron chi connectivity index (χ4n) is 3.55. The van der Waals surface area contributed by atoms with E-state index in [0.29, 0.717) is 59.0 Å². The van der Waals surface area contributed by atoms with Crippen LogP contribution in [-0.4, -0.2) is 85.7 Å². The van der Waals surface area contributed by atoms with Gasteiger partial charge in [-0.3, -0.25) is 4.79 Å². The SMILES string of the molecule is CCOC(=O)N1CCN(/C=C(/C#N)C(=O)N2CCN(c3ccc(F)cc3)CC2)CC1. The number of halogens is 1. The molecule has 9 heteroatoms. The lowest BCUT2D eigenvalue weighted by molar-refractivity contribution is -0.127. The molecule has 160 valence electrons. The molecule has 0 unspecified atom stereocenters. The number of nitrogens with zero attached hydrogens (tertiary/aromatic N) is 5. The highest BCUT2D eigenvalue weighted by molar-refractivity contribution is 5.97. The summed E-state index contributed by atoms with van der Waals surface area (Å²) in [6.07, 6.45) is 1.26. The molecule has 2 saturated heterocycles. The number of amides is 2. The molecule has 0 bridgehead atoms. The van der Waals surface area contributed by atoms with Gasteiger partial charge in [-0.05, 0) is 31.2 Å². The minimum atomic E-state index is -0.336. The minimum absolute atomic E-state index is 0.0924. The Labute approximate surface area is 175 Å². The number of anilines is 1. The zero-order valence-corrected chi connectivity index (χ0v) is 17.1. The third-order valence-electron chi connectivity index (χ3n) is 5.26. The van der Waals surface area contributed by atoms with Crippen molar-refractivity contribution in [2.24, 2.45) is 0 Å². The van der Waals surface area contributed by atoms with E-state index in [4.69, 9.17) is 4.74 Å². The van der Waals surface area contributed by atoms with Gasteiger partial charge >= 0.3 is 6.09 Å². The van der Waals surface area contributed by atoms with Crippen LogP contribution in [0.2, 0.25) is 0 Å². The van der Waals surface area contributed by atoms with Crippen molar-refractivity contribution in [3.8, 4) is 6.07 Å². The second-order valence-corrected chi connectivity index (χ2v) is 7.13. The number of ether oxygens (including phenoxy) is 1. The Balaban J connectivity index is 1.53. The molecular weight excluding hydrogens is 389 g/mol. The van der Waals surface area contributed by atoms with Gasteiger partial charge in [0.2, 0.25) is 0 Å². The highest BCUT2D eigenvalue weighted by atomic mass is 19.1. The molecule has 2 aliphatic rings. The van der Waals surface area contributed by atoms with E-state index >= 15 is 0 Å². The molecule has 0 spiro atoms. The molecule has 0 atom stereocenters. The predicted octanol–water partition coefficient (Wildman–Crippen LogP) is 1.66. The average Bonchev–Trinajstić information content (AvgIpc) is 2.78. The fourth-order valence-corrected chi connectivity index (χ4v) is 3.55. The summed E-state index contributed by atoms with van der Waals surface area (Å²) in [4.78, 5) is 31.9. The summed E-state index contributed by atoms with van der Waals surface area (Å²) in [6.45, 7) is 6.37. The molecule has 0 aliphatic carbocycles. The van der Waals surface area contributed by atoms with Gasteiger partial charge in [-0.15, -0.1) is 0 Å². The maximum absolute atomic E-state index is 13.1. The van der Waals surface area contributed by atoms with Crippen LogP contribution in [0.25, 0.3) is 0 Å². The highest BCUT2D eigenvalue weighted by Crippen LogP contribution is 2.18. The van der Waals surface area contributed by atoms with Gasteiger partial charge in [0.05, 0.1) is 6.61 Å². The molecule has 2 fully saturated rings. The minimum Gasteiger partial charge on any atom is -0.450 e. The summed E-state index contributed by atoms with van der Waals surface area (Å²) < 4.78 is 18.1. The van der Waals surface area contributed by atoms with Gasteiger partial charge < -0.3 is 24.3 Å². The Morgan fingerprint density at radius 2 is 1.63 bits per heavy atom. The van der Waals surface area contributed by atoms with E-state index in [2.05, 4.69) is 4.90 Å². The lowest BCUT2D eigenvalue weighted by Crippen LogP contribution is -2.49. The van der Waals surface area contributed by atoms with Crippen LogP contribution in [0.5, 0.6) is 0 Å². The number of carbonyl (C=O) groups excluding carboxylic acids is 2. The number of nitriles is 1. The van der Waals surface area contributed by atoms with Gasteiger partial charge in [0.15, 0.2) is 0 Å². The smallest absolute Gasteiger partial charge is 0.409 e. The number of hydrogen-bond donors (Lipinski definition) is 0. The Morgan fingerprint density at radius 3 is 2.20 bits per heavy atom. The van der Waals surface area contributed by atoms with Crippen LogP contribution in [0.15, 0.2) is 36.0 Å². The molecule has 8 nitrogen and oxygen atoms in total. The Kier molecular flexibility index (Phi) is 7.12. The maximum atomic E-state index is 13.1. The van der Waals surface area contributed by atoms with Crippen molar-refractivity contribution in [3.63, 3.8) is 0 Å². The van der Waals surface area contributed by atoms with E-state index in [9.17, 15) is 19.2 Å². The van der Waals surface area contributed by atoms with E-state index in [-0.39, 0.29) is 23.4 Å². The molecule has 3 rings (SSSR count). The molecule has 1 aromatic rings. The number of carbonyl (C=O) groups is 2. The molecule has 0 N–H and O–H groups in total. The number of benzene rings is 1.